The zero-order chi connectivity index (χ0) is 15.6. The fourth-order valence-electron chi connectivity index (χ4n) is 2.81. The van der Waals surface area contributed by atoms with Crippen LogP contribution in [0.15, 0.2) is 18.2 Å². The van der Waals surface area contributed by atoms with Gasteiger partial charge >= 0.3 is 12.0 Å². The molecule has 2 rings (SSSR count). The summed E-state index contributed by atoms with van der Waals surface area (Å²) in [6, 6.07) is 5.42. The van der Waals surface area contributed by atoms with Crippen molar-refractivity contribution >= 4 is 17.7 Å². The predicted molar refractivity (Wildman–Crippen MR) is 81.5 cm³/mol. The number of carbonyl (C=O) groups is 2. The van der Waals surface area contributed by atoms with Crippen LogP contribution in [0.25, 0.3) is 0 Å². The van der Waals surface area contributed by atoms with Crippen molar-refractivity contribution in [2.45, 2.75) is 45.6 Å². The molecule has 0 aliphatic carbocycles. The normalized spacial score (nSPS) is 22.0. The summed E-state index contributed by atoms with van der Waals surface area (Å²) in [6.45, 7) is 6.01. The van der Waals surface area contributed by atoms with Crippen LogP contribution in [0.3, 0.4) is 0 Å². The van der Waals surface area contributed by atoms with Gasteiger partial charge in [0.15, 0.2) is 0 Å². The molecule has 1 atom stereocenters. The number of urea groups is 1. The van der Waals surface area contributed by atoms with E-state index in [0.29, 0.717) is 13.0 Å². The maximum atomic E-state index is 12.5. The second-order valence-corrected chi connectivity index (χ2v) is 5.94. The second-order valence-electron chi connectivity index (χ2n) is 5.94. The summed E-state index contributed by atoms with van der Waals surface area (Å²) in [5, 5.41) is 12.3. The van der Waals surface area contributed by atoms with Crippen molar-refractivity contribution in [1.29, 1.82) is 0 Å². The minimum atomic E-state index is -1.12. The lowest BCUT2D eigenvalue weighted by atomic mass is 9.89. The fourth-order valence-corrected chi connectivity index (χ4v) is 2.81. The van der Waals surface area contributed by atoms with Crippen molar-refractivity contribution in [2.75, 3.05) is 11.9 Å². The van der Waals surface area contributed by atoms with Crippen LogP contribution in [0.1, 0.15) is 37.3 Å². The van der Waals surface area contributed by atoms with Gasteiger partial charge in [0.05, 0.1) is 0 Å². The summed E-state index contributed by atoms with van der Waals surface area (Å²) in [5.74, 6) is -0.946. The number of piperidine rings is 1. The van der Waals surface area contributed by atoms with Gasteiger partial charge in [0.25, 0.3) is 0 Å². The lowest BCUT2D eigenvalue weighted by Gasteiger charge is -2.41. The Morgan fingerprint density at radius 1 is 1.29 bits per heavy atom. The van der Waals surface area contributed by atoms with E-state index in [1.165, 1.54) is 4.90 Å². The van der Waals surface area contributed by atoms with Gasteiger partial charge in [-0.1, -0.05) is 17.7 Å². The number of amides is 2. The average Bonchev–Trinajstić information content (AvgIpc) is 2.42. The van der Waals surface area contributed by atoms with E-state index < -0.39 is 11.5 Å². The van der Waals surface area contributed by atoms with Gasteiger partial charge in [-0.15, -0.1) is 0 Å². The highest BCUT2D eigenvalue weighted by Crippen LogP contribution is 2.29. The number of aryl methyl sites for hydroxylation is 2. The Morgan fingerprint density at radius 3 is 2.62 bits per heavy atom. The number of rotatable bonds is 2. The summed E-state index contributed by atoms with van der Waals surface area (Å²) in [5.41, 5.74) is 1.70. The van der Waals surface area contributed by atoms with Crippen LogP contribution >= 0.6 is 0 Å². The molecule has 1 saturated heterocycles. The Morgan fingerprint density at radius 2 is 2.00 bits per heavy atom. The number of anilines is 1. The van der Waals surface area contributed by atoms with Crippen molar-refractivity contribution in [3.05, 3.63) is 29.3 Å². The van der Waals surface area contributed by atoms with Gasteiger partial charge in [0.1, 0.15) is 5.54 Å². The molecular formula is C16H22N2O3. The third-order valence-corrected chi connectivity index (χ3v) is 4.22. The van der Waals surface area contributed by atoms with E-state index in [0.717, 1.165) is 29.7 Å². The molecule has 0 spiro atoms. The Kier molecular flexibility index (Phi) is 4.21. The Balaban J connectivity index is 2.20. The minimum absolute atomic E-state index is 0.341. The van der Waals surface area contributed by atoms with Crippen LogP contribution in [0.2, 0.25) is 0 Å². The van der Waals surface area contributed by atoms with Gasteiger partial charge in [0, 0.05) is 12.2 Å². The number of aliphatic carboxylic acids is 1. The molecule has 0 saturated carbocycles. The van der Waals surface area contributed by atoms with Gasteiger partial charge < -0.3 is 15.3 Å². The average molecular weight is 290 g/mol. The van der Waals surface area contributed by atoms with Gasteiger partial charge in [-0.25, -0.2) is 9.59 Å². The molecule has 1 unspecified atom stereocenters. The molecular weight excluding hydrogens is 268 g/mol. The highest BCUT2D eigenvalue weighted by Gasteiger charge is 2.44. The first-order chi connectivity index (χ1) is 9.84. The molecule has 1 heterocycles. The van der Waals surface area contributed by atoms with E-state index in [1.54, 1.807) is 6.92 Å². The Hall–Kier alpha value is -2.04. The van der Waals surface area contributed by atoms with E-state index in [2.05, 4.69) is 5.32 Å². The van der Waals surface area contributed by atoms with Gasteiger partial charge in [-0.2, -0.15) is 0 Å². The first kappa shape index (κ1) is 15.4. The smallest absolute Gasteiger partial charge is 0.329 e. The Labute approximate surface area is 125 Å². The lowest BCUT2D eigenvalue weighted by molar-refractivity contribution is -0.150. The minimum Gasteiger partial charge on any atom is -0.480 e. The zero-order valence-electron chi connectivity index (χ0n) is 12.8. The van der Waals surface area contributed by atoms with Gasteiger partial charge in [-0.05, 0) is 51.7 Å². The second kappa shape index (κ2) is 5.76. The van der Waals surface area contributed by atoms with Crippen LogP contribution in [0.4, 0.5) is 10.5 Å². The van der Waals surface area contributed by atoms with Crippen LogP contribution in [-0.4, -0.2) is 34.1 Å². The SMILES string of the molecule is Cc1ccc(NC(=O)N2CCCCC2(C)C(=O)O)c(C)c1. The molecule has 1 fully saturated rings. The number of carboxylic acids is 1. The molecule has 21 heavy (non-hydrogen) atoms. The molecule has 1 aliphatic rings. The molecule has 5 nitrogen and oxygen atoms in total. The quantitative estimate of drug-likeness (QED) is 0.879. The molecule has 5 heteroatoms. The number of hydrogen-bond acceptors (Lipinski definition) is 2. The van der Waals surface area contributed by atoms with E-state index in [9.17, 15) is 14.7 Å². The van der Waals surface area contributed by atoms with Crippen LogP contribution in [-0.2, 0) is 4.79 Å². The molecule has 0 aromatic heterocycles. The van der Waals surface area contributed by atoms with E-state index in [-0.39, 0.29) is 6.03 Å². The van der Waals surface area contributed by atoms with Gasteiger partial charge in [0.2, 0.25) is 0 Å². The first-order valence-electron chi connectivity index (χ1n) is 7.24. The molecule has 1 aromatic rings. The lowest BCUT2D eigenvalue weighted by Crippen LogP contribution is -2.58. The van der Waals surface area contributed by atoms with E-state index >= 15 is 0 Å². The zero-order valence-corrected chi connectivity index (χ0v) is 12.8. The molecule has 2 amide bonds. The molecule has 114 valence electrons. The molecule has 2 N–H and O–H groups in total. The number of carbonyl (C=O) groups excluding carboxylic acids is 1. The first-order valence-corrected chi connectivity index (χ1v) is 7.24. The largest absolute Gasteiger partial charge is 0.480 e. The van der Waals surface area contributed by atoms with Crippen LogP contribution in [0, 0.1) is 13.8 Å². The molecule has 0 bridgehead atoms. The van der Waals surface area contributed by atoms with E-state index in [4.69, 9.17) is 0 Å². The highest BCUT2D eigenvalue weighted by molar-refractivity contribution is 5.94. The van der Waals surface area contributed by atoms with E-state index in [1.807, 2.05) is 32.0 Å². The van der Waals surface area contributed by atoms with Crippen molar-refractivity contribution in [2.24, 2.45) is 0 Å². The van der Waals surface area contributed by atoms with Crippen LogP contribution in [0.5, 0.6) is 0 Å². The predicted octanol–water partition coefficient (Wildman–Crippen LogP) is 3.16. The summed E-state index contributed by atoms with van der Waals surface area (Å²) >= 11 is 0. The molecule has 1 aliphatic heterocycles. The Bertz CT molecular complexity index is 571. The number of benzene rings is 1. The van der Waals surface area contributed by atoms with Crippen LogP contribution < -0.4 is 5.32 Å². The monoisotopic (exact) mass is 290 g/mol. The van der Waals surface area contributed by atoms with Crippen molar-refractivity contribution in [1.82, 2.24) is 4.90 Å². The number of nitrogens with one attached hydrogen (secondary N) is 1. The van der Waals surface area contributed by atoms with Gasteiger partial charge in [-0.3, -0.25) is 0 Å². The maximum Gasteiger partial charge on any atom is 0.329 e. The van der Waals surface area contributed by atoms with Crippen molar-refractivity contribution < 1.29 is 14.7 Å². The fraction of sp³-hybridized carbons (Fsp3) is 0.500. The summed E-state index contributed by atoms with van der Waals surface area (Å²) in [7, 11) is 0. The summed E-state index contributed by atoms with van der Waals surface area (Å²) in [4.78, 5) is 25.5. The topological polar surface area (TPSA) is 69.6 Å². The number of hydrogen-bond donors (Lipinski definition) is 2. The van der Waals surface area contributed by atoms with Crippen molar-refractivity contribution in [3.8, 4) is 0 Å². The standard InChI is InChI=1S/C16H22N2O3/c1-11-6-7-13(12(2)10-11)17-15(21)18-9-5-4-8-16(18,3)14(19)20/h6-7,10H,4-5,8-9H2,1-3H3,(H,17,21)(H,19,20). The molecule has 1 aromatic carbocycles. The number of likely N-dealkylation sites (tertiary alicyclic amines) is 1. The highest BCUT2D eigenvalue weighted by atomic mass is 16.4. The van der Waals surface area contributed by atoms with Crippen molar-refractivity contribution in [3.63, 3.8) is 0 Å². The molecule has 0 radical (unpaired) electrons. The summed E-state index contributed by atoms with van der Waals surface area (Å²) in [6.07, 6.45) is 2.15. The third-order valence-electron chi connectivity index (χ3n) is 4.22. The number of carboxylic acid groups (broad SMARTS) is 1. The third kappa shape index (κ3) is 3.01. The number of nitrogens with zero attached hydrogens (tertiary/aromatic N) is 1. The summed E-state index contributed by atoms with van der Waals surface area (Å²) < 4.78 is 0. The maximum absolute atomic E-state index is 12.5.